The van der Waals surface area contributed by atoms with Crippen molar-refractivity contribution in [1.29, 1.82) is 0 Å². The number of rotatable bonds is 4. The molecule has 0 radical (unpaired) electrons. The predicted molar refractivity (Wildman–Crippen MR) is 79.3 cm³/mol. The Labute approximate surface area is 119 Å². The van der Waals surface area contributed by atoms with E-state index in [2.05, 4.69) is 5.32 Å². The fraction of sp³-hybridized carbons (Fsp3) is 0.471. The van der Waals surface area contributed by atoms with E-state index in [0.717, 1.165) is 16.7 Å². The molecule has 1 atom stereocenters. The monoisotopic (exact) mass is 271 g/mol. The predicted octanol–water partition coefficient (Wildman–Crippen LogP) is 4.19. The second-order valence-electron chi connectivity index (χ2n) is 5.83. The van der Waals surface area contributed by atoms with Crippen molar-refractivity contribution in [2.24, 2.45) is 5.92 Å². The Hall–Kier alpha value is -1.77. The number of nitrogens with one attached hydrogen (secondary N) is 1. The first kappa shape index (κ1) is 13.2. The van der Waals surface area contributed by atoms with Crippen molar-refractivity contribution in [3.05, 3.63) is 36.1 Å². The summed E-state index contributed by atoms with van der Waals surface area (Å²) in [6, 6.07) is 9.86. The minimum absolute atomic E-state index is 0.0729. The van der Waals surface area contributed by atoms with Crippen molar-refractivity contribution < 1.29 is 9.21 Å². The lowest BCUT2D eigenvalue weighted by molar-refractivity contribution is -0.122. The van der Waals surface area contributed by atoms with Gasteiger partial charge in [0.2, 0.25) is 5.91 Å². The summed E-state index contributed by atoms with van der Waals surface area (Å²) in [6.45, 7) is 1.98. The van der Waals surface area contributed by atoms with Crippen LogP contribution in [0.1, 0.15) is 50.8 Å². The average Bonchev–Trinajstić information content (AvgIpc) is 3.06. The first-order valence-corrected chi connectivity index (χ1v) is 7.50. The molecular weight excluding hydrogens is 250 g/mol. The molecular formula is C17H21NO2. The molecule has 3 heteroatoms. The van der Waals surface area contributed by atoms with Gasteiger partial charge in [-0.05, 0) is 37.8 Å². The third kappa shape index (κ3) is 2.87. The Kier molecular flexibility index (Phi) is 3.77. The molecule has 1 aliphatic carbocycles. The first-order valence-electron chi connectivity index (χ1n) is 7.50. The highest BCUT2D eigenvalue weighted by Crippen LogP contribution is 2.28. The van der Waals surface area contributed by atoms with E-state index in [1.807, 2.05) is 37.3 Å². The largest absolute Gasteiger partial charge is 0.459 e. The molecule has 2 aromatic rings. The second-order valence-corrected chi connectivity index (χ2v) is 5.83. The van der Waals surface area contributed by atoms with Crippen LogP contribution in [0.2, 0.25) is 0 Å². The van der Waals surface area contributed by atoms with Crippen LogP contribution in [-0.4, -0.2) is 5.91 Å². The van der Waals surface area contributed by atoms with Gasteiger partial charge in [0.25, 0.3) is 0 Å². The SMILES string of the molecule is C[C@@H](NC(=O)CC1CCCC1)c1cc2ccccc2o1. The van der Waals surface area contributed by atoms with Gasteiger partial charge in [0.15, 0.2) is 0 Å². The van der Waals surface area contributed by atoms with Gasteiger partial charge >= 0.3 is 0 Å². The zero-order valence-corrected chi connectivity index (χ0v) is 11.9. The Balaban J connectivity index is 1.62. The molecule has 0 bridgehead atoms. The summed E-state index contributed by atoms with van der Waals surface area (Å²) in [4.78, 5) is 12.0. The molecule has 3 nitrogen and oxygen atoms in total. The Morgan fingerprint density at radius 3 is 2.85 bits per heavy atom. The van der Waals surface area contributed by atoms with Gasteiger partial charge in [-0.3, -0.25) is 4.79 Å². The van der Waals surface area contributed by atoms with Gasteiger partial charge in [-0.1, -0.05) is 31.0 Å². The molecule has 0 saturated heterocycles. The smallest absolute Gasteiger partial charge is 0.220 e. The molecule has 1 heterocycles. The van der Waals surface area contributed by atoms with Crippen LogP contribution in [0.25, 0.3) is 11.0 Å². The van der Waals surface area contributed by atoms with Crippen molar-refractivity contribution in [3.8, 4) is 0 Å². The highest BCUT2D eigenvalue weighted by atomic mass is 16.3. The van der Waals surface area contributed by atoms with E-state index >= 15 is 0 Å². The summed E-state index contributed by atoms with van der Waals surface area (Å²) in [5.41, 5.74) is 0.874. The normalized spacial score (nSPS) is 17.4. The standard InChI is InChI=1S/C17H21NO2/c1-12(18-17(19)10-13-6-2-3-7-13)16-11-14-8-4-5-9-15(14)20-16/h4-5,8-9,11-13H,2-3,6-7,10H2,1H3,(H,18,19)/t12-/m1/s1. The molecule has 1 saturated carbocycles. The zero-order valence-electron chi connectivity index (χ0n) is 11.9. The third-order valence-corrected chi connectivity index (χ3v) is 4.20. The first-order chi connectivity index (χ1) is 9.72. The number of amides is 1. The lowest BCUT2D eigenvalue weighted by Crippen LogP contribution is -2.27. The van der Waals surface area contributed by atoms with Crippen LogP contribution < -0.4 is 5.32 Å². The van der Waals surface area contributed by atoms with Gasteiger partial charge in [0, 0.05) is 11.8 Å². The van der Waals surface area contributed by atoms with Crippen LogP contribution in [0.4, 0.5) is 0 Å². The number of carbonyl (C=O) groups is 1. The molecule has 1 aromatic carbocycles. The maximum Gasteiger partial charge on any atom is 0.220 e. The summed E-state index contributed by atoms with van der Waals surface area (Å²) in [5.74, 6) is 1.55. The maximum absolute atomic E-state index is 12.0. The third-order valence-electron chi connectivity index (χ3n) is 4.20. The molecule has 0 unspecified atom stereocenters. The van der Waals surface area contributed by atoms with Crippen LogP contribution in [-0.2, 0) is 4.79 Å². The number of hydrogen-bond acceptors (Lipinski definition) is 2. The van der Waals surface area contributed by atoms with Crippen LogP contribution >= 0.6 is 0 Å². The zero-order chi connectivity index (χ0) is 13.9. The average molecular weight is 271 g/mol. The van der Waals surface area contributed by atoms with Crippen molar-refractivity contribution in [2.45, 2.75) is 45.1 Å². The van der Waals surface area contributed by atoms with Crippen molar-refractivity contribution in [1.82, 2.24) is 5.32 Å². The topological polar surface area (TPSA) is 42.2 Å². The summed E-state index contributed by atoms with van der Waals surface area (Å²) in [5, 5.41) is 4.13. The number of hydrogen-bond donors (Lipinski definition) is 1. The number of benzene rings is 1. The van der Waals surface area contributed by atoms with E-state index in [1.54, 1.807) is 0 Å². The van der Waals surface area contributed by atoms with Gasteiger partial charge < -0.3 is 9.73 Å². The van der Waals surface area contributed by atoms with Gasteiger partial charge in [0.05, 0.1) is 6.04 Å². The van der Waals surface area contributed by atoms with Gasteiger partial charge in [-0.25, -0.2) is 0 Å². The van der Waals surface area contributed by atoms with Crippen molar-refractivity contribution >= 4 is 16.9 Å². The van der Waals surface area contributed by atoms with E-state index in [1.165, 1.54) is 25.7 Å². The van der Waals surface area contributed by atoms with E-state index in [-0.39, 0.29) is 11.9 Å². The summed E-state index contributed by atoms with van der Waals surface area (Å²) < 4.78 is 5.79. The molecule has 1 amide bonds. The minimum Gasteiger partial charge on any atom is -0.459 e. The molecule has 1 aromatic heterocycles. The Morgan fingerprint density at radius 2 is 2.10 bits per heavy atom. The fourth-order valence-electron chi connectivity index (χ4n) is 3.06. The second kappa shape index (κ2) is 5.70. The van der Waals surface area contributed by atoms with Gasteiger partial charge in [0.1, 0.15) is 11.3 Å². The molecule has 106 valence electrons. The van der Waals surface area contributed by atoms with Gasteiger partial charge in [-0.15, -0.1) is 0 Å². The van der Waals surface area contributed by atoms with Crippen LogP contribution in [0.15, 0.2) is 34.7 Å². The van der Waals surface area contributed by atoms with E-state index in [4.69, 9.17) is 4.42 Å². The number of para-hydroxylation sites is 1. The Morgan fingerprint density at radius 1 is 1.35 bits per heavy atom. The molecule has 1 fully saturated rings. The lowest BCUT2D eigenvalue weighted by Gasteiger charge is -2.13. The van der Waals surface area contributed by atoms with E-state index < -0.39 is 0 Å². The van der Waals surface area contributed by atoms with Crippen LogP contribution in [0.5, 0.6) is 0 Å². The number of carbonyl (C=O) groups excluding carboxylic acids is 1. The molecule has 20 heavy (non-hydrogen) atoms. The van der Waals surface area contributed by atoms with Crippen LogP contribution in [0.3, 0.4) is 0 Å². The van der Waals surface area contributed by atoms with Crippen molar-refractivity contribution in [3.63, 3.8) is 0 Å². The summed E-state index contributed by atoms with van der Waals surface area (Å²) in [7, 11) is 0. The Bertz CT molecular complexity index is 563. The molecule has 3 rings (SSSR count). The van der Waals surface area contributed by atoms with Crippen LogP contribution in [0, 0.1) is 5.92 Å². The fourth-order valence-corrected chi connectivity index (χ4v) is 3.06. The van der Waals surface area contributed by atoms with E-state index in [0.29, 0.717) is 12.3 Å². The minimum atomic E-state index is -0.0729. The molecule has 0 aliphatic heterocycles. The van der Waals surface area contributed by atoms with Crippen molar-refractivity contribution in [2.75, 3.05) is 0 Å². The number of fused-ring (bicyclic) bond motifs is 1. The summed E-state index contributed by atoms with van der Waals surface area (Å²) in [6.07, 6.45) is 5.61. The number of furan rings is 1. The lowest BCUT2D eigenvalue weighted by atomic mass is 10.0. The highest BCUT2D eigenvalue weighted by molar-refractivity contribution is 5.79. The molecule has 0 spiro atoms. The highest BCUT2D eigenvalue weighted by Gasteiger charge is 2.20. The van der Waals surface area contributed by atoms with Gasteiger partial charge in [-0.2, -0.15) is 0 Å². The summed E-state index contributed by atoms with van der Waals surface area (Å²) >= 11 is 0. The quantitative estimate of drug-likeness (QED) is 0.906. The molecule has 1 N–H and O–H groups in total. The molecule has 1 aliphatic rings. The van der Waals surface area contributed by atoms with E-state index in [9.17, 15) is 4.79 Å². The maximum atomic E-state index is 12.0.